The number of piperidine rings is 1. The van der Waals surface area contributed by atoms with Crippen molar-refractivity contribution in [2.45, 2.75) is 81.5 Å². The maximum atomic E-state index is 9.81. The number of nitrogens with zero attached hydrogens (tertiary/aromatic N) is 7. The zero-order valence-corrected chi connectivity index (χ0v) is 53.7. The number of aliphatic hydroxyl groups is 5. The molecule has 9 rings (SSSR count). The molecule has 0 saturated carbocycles. The number of hydrogen-bond donors (Lipinski definition) is 6. The van der Waals surface area contributed by atoms with Gasteiger partial charge in [-0.05, 0) is 74.8 Å². The Kier molecular flexibility index (Phi) is 37.6. The minimum absolute atomic E-state index is 0.317. The molecule has 22 heteroatoms. The molecule has 22 nitrogen and oxygen atoms in total. The molecule has 5 unspecified atom stereocenters. The van der Waals surface area contributed by atoms with Gasteiger partial charge in [0, 0.05) is 173 Å². The normalized spacial score (nSPS) is 20.5. The van der Waals surface area contributed by atoms with Crippen molar-refractivity contribution in [1.82, 2.24) is 39.6 Å². The molecule has 3 aromatic rings. The van der Waals surface area contributed by atoms with Gasteiger partial charge in [0.15, 0.2) is 17.3 Å². The highest BCUT2D eigenvalue weighted by molar-refractivity contribution is 5.44. The third-order valence-electron chi connectivity index (χ3n) is 16.0. The highest BCUT2D eigenvalue weighted by Crippen LogP contribution is 2.33. The van der Waals surface area contributed by atoms with Crippen molar-refractivity contribution in [1.29, 1.82) is 0 Å². The van der Waals surface area contributed by atoms with Crippen molar-refractivity contribution in [2.24, 2.45) is 0 Å². The van der Waals surface area contributed by atoms with Crippen molar-refractivity contribution < 1.29 is 68.2 Å². The Bertz CT molecular complexity index is 2140. The van der Waals surface area contributed by atoms with Gasteiger partial charge in [0.05, 0.1) is 76.8 Å². The SMILES string of the molecule is COCC(O)CN1CCC2(CC1)OCCO2.COCC(O)CN1CCCN(Cc2ccccc2)CC1.COCC(O)CN1CCN(C)CC1.COCC(O)CN1CCN(Cc2ccc3c(c2)OCO3)CC1.COCC(O)CNCCCc1ccccc1. The molecule has 5 fully saturated rings. The number of fused-ring (bicyclic) bond motifs is 1. The number of nitrogens with one attached hydrogen (secondary N) is 1. The van der Waals surface area contributed by atoms with Crippen LogP contribution in [0.5, 0.6) is 11.5 Å². The van der Waals surface area contributed by atoms with Gasteiger partial charge in [0.1, 0.15) is 0 Å². The van der Waals surface area contributed by atoms with Crippen LogP contribution in [0.4, 0.5) is 0 Å². The Morgan fingerprint density at radius 1 is 0.460 bits per heavy atom. The molecule has 0 radical (unpaired) electrons. The zero-order chi connectivity index (χ0) is 62.3. The lowest BCUT2D eigenvalue weighted by atomic mass is 10.0. The van der Waals surface area contributed by atoms with Crippen molar-refractivity contribution in [3.8, 4) is 11.5 Å². The zero-order valence-electron chi connectivity index (χ0n) is 53.7. The van der Waals surface area contributed by atoms with E-state index in [2.05, 4.69) is 113 Å². The molecule has 0 aliphatic carbocycles. The van der Waals surface area contributed by atoms with E-state index < -0.39 is 18.3 Å². The van der Waals surface area contributed by atoms with Crippen LogP contribution < -0.4 is 14.8 Å². The standard InChI is InChI=1S/C16H24N2O4.C16H26N2O2.C13H21NO2.C11H21NO4.C9H20N2O2/c1-20-11-14(19)10-18-6-4-17(5-7-18)9-13-2-3-15-16(8-13)22-12-21-15;1-20-14-16(19)13-18-9-5-8-17(10-11-18)12-15-6-3-2-4-7-15;1-16-11-13(15)10-14-9-5-8-12-6-3-2-4-7-12;1-14-9-10(13)8-12-4-2-11(3-5-12)15-6-7-16-11;1-10-3-5-11(6-4-10)7-9(12)8-13-2/h2-3,8,14,19H,4-7,9-12H2,1H3;2-4,6-7,16,19H,5,8-14H2,1H3;2-4,6-7,13-15H,5,8-11H2,1H3;10,13H,2-9H2,1H3;9,12H,3-8H2,1-2H3. The van der Waals surface area contributed by atoms with Crippen LogP contribution in [0, 0.1) is 0 Å². The molecule has 6 aliphatic heterocycles. The summed E-state index contributed by atoms with van der Waals surface area (Å²) in [5, 5.41) is 51.3. The van der Waals surface area contributed by atoms with Crippen LogP contribution in [0.2, 0.25) is 0 Å². The van der Waals surface area contributed by atoms with Crippen LogP contribution in [0.25, 0.3) is 0 Å². The molecule has 6 N–H and O–H groups in total. The number of hydrogen-bond acceptors (Lipinski definition) is 22. The molecule has 0 amide bonds. The number of β-amino-alcohol motifs (C(OH)–C–C–N with tert-alkyl or cyclic N) is 4. The van der Waals surface area contributed by atoms with Crippen LogP contribution >= 0.6 is 0 Å². The second-order valence-corrected chi connectivity index (χ2v) is 23.5. The summed E-state index contributed by atoms with van der Waals surface area (Å²) in [4.78, 5) is 16.4. The lowest BCUT2D eigenvalue weighted by molar-refractivity contribution is -0.186. The highest BCUT2D eigenvalue weighted by Gasteiger charge is 2.40. The summed E-state index contributed by atoms with van der Waals surface area (Å²) in [5.41, 5.74) is 3.99. The third-order valence-corrected chi connectivity index (χ3v) is 16.0. The van der Waals surface area contributed by atoms with Gasteiger partial charge in [-0.2, -0.15) is 0 Å². The molecule has 0 aromatic heterocycles. The summed E-state index contributed by atoms with van der Waals surface area (Å²) in [6.07, 6.45) is 3.20. The number of aryl methyl sites for hydroxylation is 1. The van der Waals surface area contributed by atoms with Gasteiger partial charge >= 0.3 is 0 Å². The third kappa shape index (κ3) is 31.4. The summed E-state index contributed by atoms with van der Waals surface area (Å²) in [7, 11) is 10.2. The first-order valence-corrected chi connectivity index (χ1v) is 31.6. The second kappa shape index (κ2) is 44.0. The summed E-state index contributed by atoms with van der Waals surface area (Å²) < 4.78 is 46.6. The van der Waals surface area contributed by atoms with Gasteiger partial charge in [0.2, 0.25) is 6.79 Å². The maximum absolute atomic E-state index is 9.81. The largest absolute Gasteiger partial charge is 0.454 e. The molecule has 1 spiro atoms. The number of rotatable bonds is 28. The van der Waals surface area contributed by atoms with Gasteiger partial charge in [-0.1, -0.05) is 66.7 Å². The van der Waals surface area contributed by atoms with Crippen LogP contribution in [0.3, 0.4) is 0 Å². The second-order valence-electron chi connectivity index (χ2n) is 23.5. The van der Waals surface area contributed by atoms with Gasteiger partial charge in [-0.15, -0.1) is 0 Å². The first-order chi connectivity index (χ1) is 42.3. The topological polar surface area (TPSA) is 219 Å². The number of aliphatic hydroxyl groups excluding tert-OH is 5. The molecule has 496 valence electrons. The Labute approximate surface area is 521 Å². The smallest absolute Gasteiger partial charge is 0.231 e. The van der Waals surface area contributed by atoms with Crippen molar-refractivity contribution in [3.05, 3.63) is 95.6 Å². The van der Waals surface area contributed by atoms with Crippen LogP contribution in [-0.4, -0.2) is 323 Å². The lowest BCUT2D eigenvalue weighted by Gasteiger charge is -2.38. The van der Waals surface area contributed by atoms with E-state index >= 15 is 0 Å². The number of benzene rings is 3. The minimum atomic E-state index is -0.401. The fraction of sp³-hybridized carbons (Fsp3) is 0.723. The van der Waals surface area contributed by atoms with E-state index in [4.69, 9.17) is 42.6 Å². The Hall–Kier alpha value is -3.54. The number of likely N-dealkylation sites (tertiary alicyclic amines) is 1. The molecule has 87 heavy (non-hydrogen) atoms. The summed E-state index contributed by atoms with van der Waals surface area (Å²) >= 11 is 0. The lowest BCUT2D eigenvalue weighted by Crippen LogP contribution is -2.48. The molecule has 5 saturated heterocycles. The first-order valence-electron chi connectivity index (χ1n) is 31.6. The van der Waals surface area contributed by atoms with Crippen molar-refractivity contribution in [3.63, 3.8) is 0 Å². The molecule has 6 aliphatic rings. The number of methoxy groups -OCH3 is 5. The number of likely N-dealkylation sites (N-methyl/N-ethyl adjacent to an activating group) is 1. The predicted molar refractivity (Wildman–Crippen MR) is 338 cm³/mol. The molecular weight excluding hydrogens is 1120 g/mol. The van der Waals surface area contributed by atoms with E-state index in [0.29, 0.717) is 79.2 Å². The molecule has 3 aromatic carbocycles. The Morgan fingerprint density at radius 2 is 0.874 bits per heavy atom. The average molecular weight is 1230 g/mol. The van der Waals surface area contributed by atoms with E-state index in [1.165, 1.54) is 16.7 Å². The Morgan fingerprint density at radius 3 is 1.39 bits per heavy atom. The minimum Gasteiger partial charge on any atom is -0.454 e. The van der Waals surface area contributed by atoms with E-state index in [-0.39, 0.29) is 18.0 Å². The predicted octanol–water partition coefficient (Wildman–Crippen LogP) is 2.03. The number of piperazine rings is 2. The van der Waals surface area contributed by atoms with Crippen LogP contribution in [0.1, 0.15) is 42.4 Å². The van der Waals surface area contributed by atoms with E-state index in [1.807, 2.05) is 12.1 Å². The number of ether oxygens (including phenoxy) is 9. The van der Waals surface area contributed by atoms with Crippen molar-refractivity contribution >= 4 is 0 Å². The van der Waals surface area contributed by atoms with E-state index in [9.17, 15) is 25.5 Å². The van der Waals surface area contributed by atoms with Gasteiger partial charge < -0.3 is 83.3 Å². The quantitative estimate of drug-likeness (QED) is 0.0574. The van der Waals surface area contributed by atoms with Crippen LogP contribution in [-0.2, 0) is 52.7 Å². The van der Waals surface area contributed by atoms with Gasteiger partial charge in [-0.3, -0.25) is 24.5 Å². The summed E-state index contributed by atoms with van der Waals surface area (Å²) in [6, 6.07) is 27.2. The molecule has 5 atom stereocenters. The van der Waals surface area contributed by atoms with Gasteiger partial charge in [-0.25, -0.2) is 0 Å². The first kappa shape index (κ1) is 74.2. The monoisotopic (exact) mass is 1230 g/mol. The summed E-state index contributed by atoms with van der Waals surface area (Å²) in [6.45, 7) is 24.5. The average Bonchev–Trinajstić information content (AvgIpc) is 3.39. The van der Waals surface area contributed by atoms with Crippen LogP contribution in [0.15, 0.2) is 78.9 Å². The van der Waals surface area contributed by atoms with E-state index in [0.717, 1.165) is 161 Å². The molecule has 6 heterocycles. The fourth-order valence-electron chi connectivity index (χ4n) is 11.3. The van der Waals surface area contributed by atoms with E-state index in [1.54, 1.807) is 35.5 Å². The van der Waals surface area contributed by atoms with Crippen molar-refractivity contribution in [2.75, 3.05) is 227 Å². The summed E-state index contributed by atoms with van der Waals surface area (Å²) in [5.74, 6) is 1.36. The molecule has 0 bridgehead atoms. The maximum Gasteiger partial charge on any atom is 0.231 e. The fourth-order valence-corrected chi connectivity index (χ4v) is 11.3. The highest BCUT2D eigenvalue weighted by atomic mass is 16.7. The Balaban J connectivity index is 0.000000201. The van der Waals surface area contributed by atoms with Gasteiger partial charge in [0.25, 0.3) is 0 Å². The molecular formula is C65H112N8O14.